The van der Waals surface area contributed by atoms with Crippen LogP contribution in [0.5, 0.6) is 5.75 Å². The molecule has 0 fully saturated rings. The first-order valence-corrected chi connectivity index (χ1v) is 4.51. The fourth-order valence-corrected chi connectivity index (χ4v) is 1.76. The van der Waals surface area contributed by atoms with Crippen LogP contribution in [0, 0.1) is 0 Å². The highest BCUT2D eigenvalue weighted by atomic mass is 16.4. The minimum Gasteiger partial charge on any atom is -0.508 e. The van der Waals surface area contributed by atoms with Crippen molar-refractivity contribution in [2.75, 3.05) is 11.4 Å². The Hall–Kier alpha value is -1.71. The van der Waals surface area contributed by atoms with E-state index < -0.39 is 6.09 Å². The minimum absolute atomic E-state index is 0.108. The van der Waals surface area contributed by atoms with Gasteiger partial charge in [-0.3, -0.25) is 4.90 Å². The molecule has 4 nitrogen and oxygen atoms in total. The second-order valence-electron chi connectivity index (χ2n) is 3.35. The molecule has 0 atom stereocenters. The lowest BCUT2D eigenvalue weighted by molar-refractivity contribution is 0.201. The van der Waals surface area contributed by atoms with Crippen LogP contribution >= 0.6 is 0 Å². The largest absolute Gasteiger partial charge is 0.508 e. The van der Waals surface area contributed by atoms with Gasteiger partial charge in [0.1, 0.15) is 5.75 Å². The minimum atomic E-state index is -0.962. The van der Waals surface area contributed by atoms with Crippen molar-refractivity contribution in [1.29, 1.82) is 0 Å². The van der Waals surface area contributed by atoms with Gasteiger partial charge in [0.25, 0.3) is 0 Å². The first kappa shape index (κ1) is 8.87. The van der Waals surface area contributed by atoms with Gasteiger partial charge in [0.2, 0.25) is 0 Å². The van der Waals surface area contributed by atoms with Crippen LogP contribution < -0.4 is 4.90 Å². The van der Waals surface area contributed by atoms with Gasteiger partial charge in [0.05, 0.1) is 5.69 Å². The van der Waals surface area contributed by atoms with E-state index >= 15 is 0 Å². The third-order valence-corrected chi connectivity index (χ3v) is 2.42. The normalized spacial score (nSPS) is 15.0. The molecule has 1 aromatic rings. The molecule has 1 amide bonds. The highest BCUT2D eigenvalue weighted by Gasteiger charge is 2.21. The summed E-state index contributed by atoms with van der Waals surface area (Å²) in [6.07, 6.45) is 0.750. The molecule has 0 spiro atoms. The van der Waals surface area contributed by atoms with Gasteiger partial charge in [-0.15, -0.1) is 0 Å². The van der Waals surface area contributed by atoms with Crippen molar-refractivity contribution in [3.63, 3.8) is 0 Å². The van der Waals surface area contributed by atoms with E-state index in [2.05, 4.69) is 0 Å². The number of rotatable bonds is 0. The van der Waals surface area contributed by atoms with E-state index in [4.69, 9.17) is 5.11 Å². The van der Waals surface area contributed by atoms with E-state index in [1.54, 1.807) is 12.1 Å². The average molecular weight is 193 g/mol. The van der Waals surface area contributed by atoms with E-state index in [1.165, 1.54) is 11.0 Å². The zero-order valence-corrected chi connectivity index (χ0v) is 7.60. The average Bonchev–Trinajstić information content (AvgIpc) is 2.16. The Morgan fingerprint density at radius 1 is 1.43 bits per heavy atom. The topological polar surface area (TPSA) is 60.8 Å². The number of aryl methyl sites for hydroxylation is 1. The number of hydrogen-bond donors (Lipinski definition) is 2. The molecule has 14 heavy (non-hydrogen) atoms. The van der Waals surface area contributed by atoms with Gasteiger partial charge in [-0.05, 0) is 24.5 Å². The lowest BCUT2D eigenvalue weighted by atomic mass is 10.0. The third kappa shape index (κ3) is 1.39. The molecule has 1 heterocycles. The lowest BCUT2D eigenvalue weighted by Crippen LogP contribution is -2.33. The highest BCUT2D eigenvalue weighted by molar-refractivity contribution is 5.88. The first-order chi connectivity index (χ1) is 6.68. The number of benzene rings is 1. The summed E-state index contributed by atoms with van der Waals surface area (Å²) in [5.41, 5.74) is 1.60. The molecule has 2 rings (SSSR count). The summed E-state index contributed by atoms with van der Waals surface area (Å²) in [5, 5.41) is 18.2. The SMILES string of the molecule is O=C(O)N1CCCc2ccc(O)cc21. The summed E-state index contributed by atoms with van der Waals surface area (Å²) < 4.78 is 0. The van der Waals surface area contributed by atoms with E-state index in [0.29, 0.717) is 12.2 Å². The molecule has 0 aromatic heterocycles. The molecule has 0 aliphatic carbocycles. The second-order valence-corrected chi connectivity index (χ2v) is 3.35. The Balaban J connectivity index is 2.46. The molecule has 0 radical (unpaired) electrons. The van der Waals surface area contributed by atoms with E-state index in [1.807, 2.05) is 0 Å². The number of phenolic OH excluding ortho intramolecular Hbond substituents is 1. The quantitative estimate of drug-likeness (QED) is 0.660. The molecule has 0 bridgehead atoms. The summed E-state index contributed by atoms with van der Waals surface area (Å²) >= 11 is 0. The van der Waals surface area contributed by atoms with Gasteiger partial charge in [-0.2, -0.15) is 0 Å². The maximum Gasteiger partial charge on any atom is 0.411 e. The number of hydrogen-bond acceptors (Lipinski definition) is 2. The van der Waals surface area contributed by atoms with Gasteiger partial charge in [-0.25, -0.2) is 4.79 Å². The van der Waals surface area contributed by atoms with Crippen LogP contribution in [0.3, 0.4) is 0 Å². The molecule has 0 saturated carbocycles. The summed E-state index contributed by atoms with van der Waals surface area (Å²) in [6.45, 7) is 0.506. The lowest BCUT2D eigenvalue weighted by Gasteiger charge is -2.26. The Bertz CT molecular complexity index is 376. The molecule has 0 unspecified atom stereocenters. The number of phenols is 1. The van der Waals surface area contributed by atoms with E-state index in [0.717, 1.165) is 18.4 Å². The van der Waals surface area contributed by atoms with Crippen molar-refractivity contribution >= 4 is 11.8 Å². The van der Waals surface area contributed by atoms with Crippen LogP contribution in [-0.2, 0) is 6.42 Å². The second kappa shape index (κ2) is 3.21. The van der Waals surface area contributed by atoms with Crippen LogP contribution in [0.4, 0.5) is 10.5 Å². The molecular weight excluding hydrogens is 182 g/mol. The molecule has 4 heteroatoms. The Morgan fingerprint density at radius 3 is 2.93 bits per heavy atom. The van der Waals surface area contributed by atoms with E-state index in [9.17, 15) is 9.90 Å². The van der Waals surface area contributed by atoms with Crippen LogP contribution in [0.1, 0.15) is 12.0 Å². The monoisotopic (exact) mass is 193 g/mol. The van der Waals surface area contributed by atoms with Gasteiger partial charge < -0.3 is 10.2 Å². The molecule has 1 aliphatic rings. The standard InChI is InChI=1S/C10H11NO3/c12-8-4-3-7-2-1-5-11(10(13)14)9(7)6-8/h3-4,6,12H,1-2,5H2,(H,13,14). The van der Waals surface area contributed by atoms with Crippen molar-refractivity contribution < 1.29 is 15.0 Å². The summed E-state index contributed by atoms with van der Waals surface area (Å²) in [5.74, 6) is 0.108. The van der Waals surface area contributed by atoms with E-state index in [-0.39, 0.29) is 5.75 Å². The maximum absolute atomic E-state index is 10.9. The molecular formula is C10H11NO3. The Morgan fingerprint density at radius 2 is 2.21 bits per heavy atom. The van der Waals surface area contributed by atoms with Crippen LogP contribution in [0.25, 0.3) is 0 Å². The van der Waals surface area contributed by atoms with Crippen LogP contribution in [-0.4, -0.2) is 22.9 Å². The summed E-state index contributed by atoms with van der Waals surface area (Å²) in [6, 6.07) is 4.87. The van der Waals surface area contributed by atoms with Crippen molar-refractivity contribution in [2.45, 2.75) is 12.8 Å². The fraction of sp³-hybridized carbons (Fsp3) is 0.300. The number of carbonyl (C=O) groups is 1. The van der Waals surface area contributed by atoms with Crippen molar-refractivity contribution in [3.05, 3.63) is 23.8 Å². The van der Waals surface area contributed by atoms with Gasteiger partial charge >= 0.3 is 6.09 Å². The number of fused-ring (bicyclic) bond motifs is 1. The highest BCUT2D eigenvalue weighted by Crippen LogP contribution is 2.30. The Kier molecular flexibility index (Phi) is 2.04. The molecule has 2 N–H and O–H groups in total. The number of amides is 1. The summed E-state index contributed by atoms with van der Waals surface area (Å²) in [4.78, 5) is 12.1. The first-order valence-electron chi connectivity index (χ1n) is 4.51. The molecule has 1 aromatic carbocycles. The number of aromatic hydroxyl groups is 1. The van der Waals surface area contributed by atoms with Crippen molar-refractivity contribution in [1.82, 2.24) is 0 Å². The Labute approximate surface area is 81.4 Å². The third-order valence-electron chi connectivity index (χ3n) is 2.42. The van der Waals surface area contributed by atoms with Gasteiger partial charge in [0.15, 0.2) is 0 Å². The molecule has 74 valence electrons. The predicted octanol–water partition coefficient (Wildman–Crippen LogP) is 1.82. The fourth-order valence-electron chi connectivity index (χ4n) is 1.76. The van der Waals surface area contributed by atoms with Crippen molar-refractivity contribution in [3.8, 4) is 5.75 Å². The zero-order valence-electron chi connectivity index (χ0n) is 7.60. The summed E-state index contributed by atoms with van der Waals surface area (Å²) in [7, 11) is 0. The van der Waals surface area contributed by atoms with Crippen LogP contribution in [0.2, 0.25) is 0 Å². The van der Waals surface area contributed by atoms with Gasteiger partial charge in [-0.1, -0.05) is 6.07 Å². The maximum atomic E-state index is 10.9. The van der Waals surface area contributed by atoms with Gasteiger partial charge in [0, 0.05) is 12.6 Å². The van der Waals surface area contributed by atoms with Crippen LogP contribution in [0.15, 0.2) is 18.2 Å². The smallest absolute Gasteiger partial charge is 0.411 e. The van der Waals surface area contributed by atoms with Crippen molar-refractivity contribution in [2.24, 2.45) is 0 Å². The zero-order chi connectivity index (χ0) is 10.1. The number of carboxylic acid groups (broad SMARTS) is 1. The molecule has 1 aliphatic heterocycles. The molecule has 0 saturated heterocycles. The number of anilines is 1. The number of nitrogens with zero attached hydrogens (tertiary/aromatic N) is 1. The predicted molar refractivity (Wildman–Crippen MR) is 51.8 cm³/mol.